The van der Waals surface area contributed by atoms with Crippen molar-refractivity contribution in [3.63, 3.8) is 0 Å². The molecule has 7 nitrogen and oxygen atoms in total. The molecule has 150 valence electrons. The van der Waals surface area contributed by atoms with E-state index in [9.17, 15) is 10.2 Å². The molecule has 0 saturated carbocycles. The van der Waals surface area contributed by atoms with Crippen LogP contribution in [0.25, 0.3) is 11.2 Å². The zero-order valence-electron chi connectivity index (χ0n) is 16.4. The third-order valence-corrected chi connectivity index (χ3v) is 6.52. The third kappa shape index (κ3) is 4.21. The van der Waals surface area contributed by atoms with Gasteiger partial charge in [0, 0.05) is 12.6 Å². The molecule has 1 saturated heterocycles. The van der Waals surface area contributed by atoms with Crippen molar-refractivity contribution < 1.29 is 14.9 Å². The van der Waals surface area contributed by atoms with Crippen LogP contribution in [0.1, 0.15) is 38.2 Å². The molecule has 2 aromatic rings. The van der Waals surface area contributed by atoms with Crippen LogP contribution in [0, 0.1) is 0 Å². The number of unbranched alkanes of at least 4 members (excludes halogenated alkanes) is 1. The average Bonchev–Trinajstić information content (AvgIpc) is 3.10. The number of anilines is 1. The van der Waals surface area contributed by atoms with Crippen LogP contribution >= 0.6 is 6.89 Å². The van der Waals surface area contributed by atoms with Gasteiger partial charge in [-0.2, -0.15) is 0 Å². The molecule has 0 aliphatic carbocycles. The topological polar surface area (TPSA) is 106 Å². The van der Waals surface area contributed by atoms with Crippen LogP contribution < -0.4 is 5.73 Å². The molecule has 8 heteroatoms. The van der Waals surface area contributed by atoms with Crippen LogP contribution in [0.2, 0.25) is 0 Å². The van der Waals surface area contributed by atoms with Crippen molar-refractivity contribution in [2.24, 2.45) is 0 Å². The Morgan fingerprint density at radius 2 is 2.07 bits per heavy atom. The standard InChI is InChI=1S/C19H31N4O3P/c1-5-6-7-14-22-15-12(20)8-10-21-18(15)23(14)19-17(25)16(24)13(26-19)9-11-27(2,3)4/h8,10,13,16-17,19,24-25H,2,5-7,9,11H2,1,3-4H3,(H2,20,21)/t13?,16-,17-,19?/m1/s1. The lowest BCUT2D eigenvalue weighted by molar-refractivity contribution is -0.0368. The first-order valence-electron chi connectivity index (χ1n) is 9.53. The molecular weight excluding hydrogens is 363 g/mol. The summed E-state index contributed by atoms with van der Waals surface area (Å²) < 4.78 is 7.95. The van der Waals surface area contributed by atoms with Gasteiger partial charge in [0.15, 0.2) is 11.9 Å². The lowest BCUT2D eigenvalue weighted by Crippen LogP contribution is -2.32. The highest BCUT2D eigenvalue weighted by Gasteiger charge is 2.44. The van der Waals surface area contributed by atoms with Gasteiger partial charge in [-0.1, -0.05) is 13.3 Å². The number of nitrogens with zero attached hydrogens (tertiary/aromatic N) is 3. The Kier molecular flexibility index (Phi) is 5.96. The fourth-order valence-electron chi connectivity index (χ4n) is 3.49. The second kappa shape index (κ2) is 7.92. The molecule has 3 heterocycles. The number of hydrogen-bond donors (Lipinski definition) is 3. The van der Waals surface area contributed by atoms with Crippen LogP contribution in [-0.4, -0.2) is 68.9 Å². The Hall–Kier alpha value is -1.40. The minimum atomic E-state index is -1.24. The number of imidazole rings is 1. The molecule has 0 amide bonds. The van der Waals surface area contributed by atoms with Crippen molar-refractivity contribution in [3.8, 4) is 0 Å². The van der Waals surface area contributed by atoms with Crippen LogP contribution in [0.5, 0.6) is 0 Å². The normalized spacial score (nSPS) is 26.1. The highest BCUT2D eigenvalue weighted by molar-refractivity contribution is 7.72. The predicted molar refractivity (Wildman–Crippen MR) is 112 cm³/mol. The van der Waals surface area contributed by atoms with Gasteiger partial charge in [-0.15, -0.1) is 13.2 Å². The van der Waals surface area contributed by atoms with Gasteiger partial charge in [-0.25, -0.2) is 9.97 Å². The van der Waals surface area contributed by atoms with Gasteiger partial charge in [0.2, 0.25) is 0 Å². The van der Waals surface area contributed by atoms with E-state index in [4.69, 9.17) is 10.5 Å². The molecule has 0 radical (unpaired) electrons. The van der Waals surface area contributed by atoms with E-state index in [1.54, 1.807) is 12.3 Å². The van der Waals surface area contributed by atoms with E-state index in [0.717, 1.165) is 31.2 Å². The van der Waals surface area contributed by atoms with Gasteiger partial charge in [0.05, 0.1) is 11.8 Å². The second-order valence-corrected chi connectivity index (χ2v) is 12.4. The largest absolute Gasteiger partial charge is 0.397 e. The molecule has 27 heavy (non-hydrogen) atoms. The van der Waals surface area contributed by atoms with E-state index in [0.29, 0.717) is 23.3 Å². The number of nitrogen functional groups attached to an aromatic ring is 1. The van der Waals surface area contributed by atoms with Gasteiger partial charge in [-0.3, -0.25) is 4.57 Å². The molecule has 0 aromatic carbocycles. The Bertz CT molecular complexity index is 847. The number of fused-ring (bicyclic) bond motifs is 1. The summed E-state index contributed by atoms with van der Waals surface area (Å²) in [5.74, 6) is 0.777. The van der Waals surface area contributed by atoms with Gasteiger partial charge in [0.1, 0.15) is 23.5 Å². The molecule has 3 rings (SSSR count). The van der Waals surface area contributed by atoms with E-state index >= 15 is 0 Å². The van der Waals surface area contributed by atoms with E-state index < -0.39 is 31.4 Å². The van der Waals surface area contributed by atoms with Gasteiger partial charge >= 0.3 is 0 Å². The maximum absolute atomic E-state index is 10.7. The minimum Gasteiger partial charge on any atom is -0.397 e. The van der Waals surface area contributed by atoms with Crippen LogP contribution in [0.3, 0.4) is 0 Å². The zero-order chi connectivity index (χ0) is 19.8. The van der Waals surface area contributed by atoms with E-state index in [2.05, 4.69) is 36.5 Å². The molecule has 0 spiro atoms. The molecule has 1 fully saturated rings. The molecule has 4 atom stereocenters. The Morgan fingerprint density at radius 3 is 2.74 bits per heavy atom. The van der Waals surface area contributed by atoms with Crippen LogP contribution in [0.4, 0.5) is 5.69 Å². The molecule has 1 aliphatic rings. The van der Waals surface area contributed by atoms with Crippen molar-refractivity contribution in [1.82, 2.24) is 14.5 Å². The SMILES string of the molecule is C=P(C)(C)CCC1OC(n2c(CCCC)nc3c(N)ccnc32)[C@H](O)[C@@H]1O. The number of aliphatic hydroxyl groups excluding tert-OH is 2. The van der Waals surface area contributed by atoms with Gasteiger partial charge in [0.25, 0.3) is 0 Å². The summed E-state index contributed by atoms with van der Waals surface area (Å²) in [7, 11) is 0. The van der Waals surface area contributed by atoms with E-state index in [-0.39, 0.29) is 0 Å². The Morgan fingerprint density at radius 1 is 1.33 bits per heavy atom. The number of ether oxygens (including phenoxy) is 1. The van der Waals surface area contributed by atoms with Crippen molar-refractivity contribution in [3.05, 3.63) is 18.1 Å². The van der Waals surface area contributed by atoms with Gasteiger partial charge in [-0.05, 0) is 38.4 Å². The van der Waals surface area contributed by atoms with Crippen molar-refractivity contribution >= 4 is 30.0 Å². The molecule has 4 N–H and O–H groups in total. The summed E-state index contributed by atoms with van der Waals surface area (Å²) in [5.41, 5.74) is 7.82. The third-order valence-electron chi connectivity index (χ3n) is 5.05. The summed E-state index contributed by atoms with van der Waals surface area (Å²) >= 11 is 0. The maximum atomic E-state index is 10.7. The number of aliphatic hydroxyl groups is 2. The summed E-state index contributed by atoms with van der Waals surface area (Å²) in [6.45, 7) is 5.19. The van der Waals surface area contributed by atoms with Gasteiger partial charge < -0.3 is 20.7 Å². The quantitative estimate of drug-likeness (QED) is 0.621. The van der Waals surface area contributed by atoms with Crippen molar-refractivity contribution in [2.75, 3.05) is 25.2 Å². The Labute approximate surface area is 160 Å². The molecule has 0 bridgehead atoms. The number of aryl methyl sites for hydroxylation is 1. The molecular formula is C19H31N4O3P. The summed E-state index contributed by atoms with van der Waals surface area (Å²) in [5, 5.41) is 21.3. The Balaban J connectivity index is 1.95. The molecule has 2 unspecified atom stereocenters. The fourth-order valence-corrected chi connectivity index (χ4v) is 4.44. The summed E-state index contributed by atoms with van der Waals surface area (Å²) in [6, 6.07) is 1.72. The first-order valence-corrected chi connectivity index (χ1v) is 12.6. The van der Waals surface area contributed by atoms with Crippen LogP contribution in [-0.2, 0) is 11.2 Å². The zero-order valence-corrected chi connectivity index (χ0v) is 17.3. The van der Waals surface area contributed by atoms with Crippen molar-refractivity contribution in [1.29, 1.82) is 0 Å². The number of rotatable bonds is 7. The summed E-state index contributed by atoms with van der Waals surface area (Å²) in [6.07, 6.45) is 6.99. The van der Waals surface area contributed by atoms with E-state index in [1.807, 2.05) is 4.57 Å². The first kappa shape index (κ1) is 20.3. The smallest absolute Gasteiger partial charge is 0.165 e. The van der Waals surface area contributed by atoms with E-state index in [1.165, 1.54) is 0 Å². The highest BCUT2D eigenvalue weighted by atomic mass is 31.2. The monoisotopic (exact) mass is 394 g/mol. The summed E-state index contributed by atoms with van der Waals surface area (Å²) in [4.78, 5) is 9.09. The highest BCUT2D eigenvalue weighted by Crippen LogP contribution is 2.40. The number of hydrogen-bond acceptors (Lipinski definition) is 6. The number of aromatic nitrogens is 3. The lowest BCUT2D eigenvalue weighted by Gasteiger charge is -2.20. The lowest BCUT2D eigenvalue weighted by atomic mass is 10.1. The maximum Gasteiger partial charge on any atom is 0.165 e. The number of nitrogens with two attached hydrogens (primary N) is 1. The second-order valence-electron chi connectivity index (χ2n) is 8.07. The first-order chi connectivity index (χ1) is 12.7. The van der Waals surface area contributed by atoms with Crippen LogP contribution in [0.15, 0.2) is 12.3 Å². The molecule has 2 aromatic heterocycles. The fraction of sp³-hybridized carbons (Fsp3) is 0.632. The van der Waals surface area contributed by atoms with Crippen molar-refractivity contribution in [2.45, 2.75) is 57.1 Å². The minimum absolute atomic E-state index is 0.427. The predicted octanol–water partition coefficient (Wildman–Crippen LogP) is 2.07. The molecule has 1 aliphatic heterocycles. The average molecular weight is 394 g/mol. The number of pyridine rings is 1.